The van der Waals surface area contributed by atoms with E-state index in [1.54, 1.807) is 23.9 Å². The molecule has 0 fully saturated rings. The van der Waals surface area contributed by atoms with Crippen molar-refractivity contribution in [3.8, 4) is 11.6 Å². The predicted molar refractivity (Wildman–Crippen MR) is 52.5 cm³/mol. The minimum absolute atomic E-state index is 0.0352. The molecule has 78 valence electrons. The maximum atomic E-state index is 10.8. The first-order chi connectivity index (χ1) is 7.09. The lowest BCUT2D eigenvalue weighted by Gasteiger charge is -1.95. The number of aromatic nitrogens is 4. The first kappa shape index (κ1) is 9.45. The number of hydrogen-bond donors (Lipinski definition) is 2. The molecule has 0 atom stereocenters. The Balaban J connectivity index is 2.52. The van der Waals surface area contributed by atoms with Crippen molar-refractivity contribution in [3.05, 3.63) is 23.8 Å². The van der Waals surface area contributed by atoms with E-state index in [4.69, 9.17) is 5.11 Å². The van der Waals surface area contributed by atoms with E-state index >= 15 is 0 Å². The molecule has 0 bridgehead atoms. The normalized spacial score (nSPS) is 10.5. The summed E-state index contributed by atoms with van der Waals surface area (Å²) < 4.78 is 1.77. The Kier molecular flexibility index (Phi) is 2.03. The fourth-order valence-corrected chi connectivity index (χ4v) is 1.37. The molecule has 0 spiro atoms. The third-order valence-electron chi connectivity index (χ3n) is 2.12. The Morgan fingerprint density at radius 2 is 2.33 bits per heavy atom. The first-order valence-electron chi connectivity index (χ1n) is 4.37. The minimum atomic E-state index is -1.04. The molecule has 15 heavy (non-hydrogen) atoms. The molecule has 0 aliphatic heterocycles. The first-order valence-corrected chi connectivity index (χ1v) is 4.37. The van der Waals surface area contributed by atoms with Crippen LogP contribution in [0.2, 0.25) is 0 Å². The van der Waals surface area contributed by atoms with Crippen LogP contribution >= 0.6 is 0 Å². The van der Waals surface area contributed by atoms with Gasteiger partial charge in [0.15, 0.2) is 17.3 Å². The molecule has 2 heterocycles. The largest absolute Gasteiger partial charge is 0.476 e. The predicted octanol–water partition coefficient (Wildman–Crippen LogP) is 0.817. The van der Waals surface area contributed by atoms with Gasteiger partial charge in [-0.15, -0.1) is 0 Å². The van der Waals surface area contributed by atoms with E-state index in [0.29, 0.717) is 17.3 Å². The van der Waals surface area contributed by atoms with Crippen LogP contribution in [0.1, 0.15) is 16.2 Å². The summed E-state index contributed by atoms with van der Waals surface area (Å²) in [6.45, 7) is 1.67. The van der Waals surface area contributed by atoms with Gasteiger partial charge in [-0.2, -0.15) is 0 Å². The van der Waals surface area contributed by atoms with E-state index in [0.717, 1.165) is 0 Å². The SMILES string of the molecule is Cc1[nH]c(-c2nccn2C)nc1C(=O)O. The lowest BCUT2D eigenvalue weighted by Crippen LogP contribution is -1.99. The van der Waals surface area contributed by atoms with E-state index in [-0.39, 0.29) is 5.69 Å². The second kappa shape index (κ2) is 3.23. The van der Waals surface area contributed by atoms with Crippen molar-refractivity contribution in [3.63, 3.8) is 0 Å². The van der Waals surface area contributed by atoms with Gasteiger partial charge in [0.1, 0.15) is 0 Å². The molecular formula is C9H10N4O2. The Morgan fingerprint density at radius 1 is 1.60 bits per heavy atom. The van der Waals surface area contributed by atoms with Crippen molar-refractivity contribution >= 4 is 5.97 Å². The maximum Gasteiger partial charge on any atom is 0.356 e. The van der Waals surface area contributed by atoms with Gasteiger partial charge in [-0.25, -0.2) is 14.8 Å². The number of carbonyl (C=O) groups is 1. The molecule has 0 aliphatic carbocycles. The number of nitrogens with one attached hydrogen (secondary N) is 1. The Labute approximate surface area is 85.6 Å². The standard InChI is InChI=1S/C9H10N4O2/c1-5-6(9(14)15)12-7(11-5)8-10-3-4-13(8)2/h3-4H,1-2H3,(H,11,12)(H,14,15). The highest BCUT2D eigenvalue weighted by molar-refractivity contribution is 5.87. The van der Waals surface area contributed by atoms with Gasteiger partial charge in [0.05, 0.1) is 0 Å². The van der Waals surface area contributed by atoms with Gasteiger partial charge in [-0.3, -0.25) is 0 Å². The Bertz CT molecular complexity index is 512. The number of aryl methyl sites for hydroxylation is 2. The lowest BCUT2D eigenvalue weighted by molar-refractivity contribution is 0.0690. The number of aromatic carboxylic acids is 1. The molecule has 2 rings (SSSR count). The summed E-state index contributed by atoms with van der Waals surface area (Å²) in [4.78, 5) is 21.7. The van der Waals surface area contributed by atoms with Crippen molar-refractivity contribution < 1.29 is 9.90 Å². The van der Waals surface area contributed by atoms with Crippen LogP contribution in [0.5, 0.6) is 0 Å². The molecule has 0 radical (unpaired) electrons. The average Bonchev–Trinajstić information content (AvgIpc) is 2.71. The quantitative estimate of drug-likeness (QED) is 0.761. The molecule has 0 saturated carbocycles. The lowest BCUT2D eigenvalue weighted by atomic mass is 10.4. The van der Waals surface area contributed by atoms with E-state index in [2.05, 4.69) is 15.0 Å². The summed E-state index contributed by atoms with van der Waals surface area (Å²) >= 11 is 0. The molecule has 0 saturated heterocycles. The summed E-state index contributed by atoms with van der Waals surface area (Å²) in [5, 5.41) is 8.84. The Morgan fingerprint density at radius 3 is 2.80 bits per heavy atom. The minimum Gasteiger partial charge on any atom is -0.476 e. The topological polar surface area (TPSA) is 83.8 Å². The highest BCUT2D eigenvalue weighted by Gasteiger charge is 2.16. The van der Waals surface area contributed by atoms with Crippen molar-refractivity contribution in [2.75, 3.05) is 0 Å². The number of H-pyrrole nitrogens is 1. The molecule has 0 aromatic carbocycles. The number of carboxylic acid groups (broad SMARTS) is 1. The fraction of sp³-hybridized carbons (Fsp3) is 0.222. The van der Waals surface area contributed by atoms with Gasteiger partial charge in [-0.05, 0) is 6.92 Å². The summed E-state index contributed by atoms with van der Waals surface area (Å²) in [6, 6.07) is 0. The third kappa shape index (κ3) is 1.50. The third-order valence-corrected chi connectivity index (χ3v) is 2.12. The smallest absolute Gasteiger partial charge is 0.356 e. The second-order valence-corrected chi connectivity index (χ2v) is 3.23. The molecule has 2 aromatic heterocycles. The van der Waals surface area contributed by atoms with Gasteiger partial charge in [0, 0.05) is 25.1 Å². The fourth-order valence-electron chi connectivity index (χ4n) is 1.37. The zero-order valence-electron chi connectivity index (χ0n) is 8.35. The van der Waals surface area contributed by atoms with Gasteiger partial charge in [0.2, 0.25) is 0 Å². The number of carboxylic acids is 1. The van der Waals surface area contributed by atoms with Gasteiger partial charge < -0.3 is 14.7 Å². The second-order valence-electron chi connectivity index (χ2n) is 3.23. The van der Waals surface area contributed by atoms with Crippen LogP contribution in [0.4, 0.5) is 0 Å². The number of nitrogens with zero attached hydrogens (tertiary/aromatic N) is 3. The average molecular weight is 206 g/mol. The van der Waals surface area contributed by atoms with Crippen molar-refractivity contribution in [1.82, 2.24) is 19.5 Å². The Hall–Kier alpha value is -2.11. The highest BCUT2D eigenvalue weighted by atomic mass is 16.4. The molecule has 2 aromatic rings. The van der Waals surface area contributed by atoms with Gasteiger partial charge >= 0.3 is 5.97 Å². The summed E-state index contributed by atoms with van der Waals surface area (Å²) in [6.07, 6.45) is 3.40. The number of hydrogen-bond acceptors (Lipinski definition) is 3. The van der Waals surface area contributed by atoms with Crippen LogP contribution in [-0.2, 0) is 7.05 Å². The summed E-state index contributed by atoms with van der Waals surface area (Å²) in [5.41, 5.74) is 0.563. The van der Waals surface area contributed by atoms with Crippen LogP contribution in [0.3, 0.4) is 0 Å². The van der Waals surface area contributed by atoms with Crippen LogP contribution in [-0.4, -0.2) is 30.6 Å². The van der Waals surface area contributed by atoms with Crippen LogP contribution in [0.25, 0.3) is 11.6 Å². The molecule has 6 nitrogen and oxygen atoms in total. The monoisotopic (exact) mass is 206 g/mol. The zero-order valence-corrected chi connectivity index (χ0v) is 8.35. The van der Waals surface area contributed by atoms with E-state index in [1.807, 2.05) is 7.05 Å². The number of rotatable bonds is 2. The molecule has 2 N–H and O–H groups in total. The number of imidazole rings is 2. The maximum absolute atomic E-state index is 10.8. The van der Waals surface area contributed by atoms with Crippen LogP contribution in [0.15, 0.2) is 12.4 Å². The van der Waals surface area contributed by atoms with E-state index < -0.39 is 5.97 Å². The molecule has 0 aliphatic rings. The summed E-state index contributed by atoms with van der Waals surface area (Å²) in [5.74, 6) is 0.0483. The van der Waals surface area contributed by atoms with Crippen molar-refractivity contribution in [2.24, 2.45) is 7.05 Å². The molecular weight excluding hydrogens is 196 g/mol. The van der Waals surface area contributed by atoms with Gasteiger partial charge in [0.25, 0.3) is 0 Å². The van der Waals surface area contributed by atoms with Crippen LogP contribution in [0, 0.1) is 6.92 Å². The van der Waals surface area contributed by atoms with E-state index in [9.17, 15) is 4.79 Å². The van der Waals surface area contributed by atoms with E-state index in [1.165, 1.54) is 0 Å². The summed E-state index contributed by atoms with van der Waals surface area (Å²) in [7, 11) is 1.82. The van der Waals surface area contributed by atoms with Crippen LogP contribution < -0.4 is 0 Å². The molecule has 0 unspecified atom stereocenters. The molecule has 0 amide bonds. The van der Waals surface area contributed by atoms with Crippen molar-refractivity contribution in [2.45, 2.75) is 6.92 Å². The number of aromatic amines is 1. The van der Waals surface area contributed by atoms with Crippen molar-refractivity contribution in [1.29, 1.82) is 0 Å². The molecule has 6 heteroatoms. The zero-order chi connectivity index (χ0) is 11.0. The highest BCUT2D eigenvalue weighted by Crippen LogP contribution is 2.15. The van der Waals surface area contributed by atoms with Gasteiger partial charge in [-0.1, -0.05) is 0 Å².